The monoisotopic (exact) mass is 289 g/mol. The number of carbonyl (C=O) groups is 1. The van der Waals surface area contributed by atoms with E-state index in [9.17, 15) is 4.79 Å². The Bertz CT molecular complexity index is 452. The van der Waals surface area contributed by atoms with Gasteiger partial charge in [-0.3, -0.25) is 14.7 Å². The van der Waals surface area contributed by atoms with Gasteiger partial charge in [0.25, 0.3) is 0 Å². The van der Waals surface area contributed by atoms with Crippen molar-refractivity contribution >= 4 is 5.91 Å². The van der Waals surface area contributed by atoms with Gasteiger partial charge in [-0.2, -0.15) is 0 Å². The van der Waals surface area contributed by atoms with E-state index in [2.05, 4.69) is 29.2 Å². The number of aromatic nitrogens is 1. The molecular formula is C17H27N3O. The molecule has 0 spiro atoms. The summed E-state index contributed by atoms with van der Waals surface area (Å²) in [6, 6.07) is 4.63. The molecule has 21 heavy (non-hydrogen) atoms. The van der Waals surface area contributed by atoms with Crippen molar-refractivity contribution in [3.63, 3.8) is 0 Å². The molecule has 2 rings (SSSR count). The zero-order valence-corrected chi connectivity index (χ0v) is 13.4. The lowest BCUT2D eigenvalue weighted by Gasteiger charge is -2.24. The summed E-state index contributed by atoms with van der Waals surface area (Å²) in [7, 11) is 2.06. The van der Waals surface area contributed by atoms with Crippen molar-refractivity contribution in [2.75, 3.05) is 13.6 Å². The van der Waals surface area contributed by atoms with Gasteiger partial charge in [0, 0.05) is 12.2 Å². The van der Waals surface area contributed by atoms with Crippen molar-refractivity contribution in [2.45, 2.75) is 58.0 Å². The van der Waals surface area contributed by atoms with E-state index in [1.54, 1.807) is 0 Å². The van der Waals surface area contributed by atoms with Gasteiger partial charge < -0.3 is 5.32 Å². The van der Waals surface area contributed by atoms with Crippen LogP contribution in [0, 0.1) is 6.92 Å². The zero-order valence-electron chi connectivity index (χ0n) is 13.4. The second-order valence-electron chi connectivity index (χ2n) is 6.14. The van der Waals surface area contributed by atoms with Gasteiger partial charge >= 0.3 is 0 Å². The summed E-state index contributed by atoms with van der Waals surface area (Å²) in [6.45, 7) is 4.58. The lowest BCUT2D eigenvalue weighted by molar-refractivity contribution is -0.123. The Morgan fingerprint density at radius 2 is 2.14 bits per heavy atom. The van der Waals surface area contributed by atoms with Crippen LogP contribution in [-0.4, -0.2) is 35.4 Å². The Morgan fingerprint density at radius 1 is 1.43 bits per heavy atom. The van der Waals surface area contributed by atoms with E-state index in [1.165, 1.54) is 25.7 Å². The SMILES string of the molecule is CC[C@@H](NC(=O)CN(C)C1CCCC1)c1ccc(C)cn1. The molecule has 1 atom stereocenters. The molecular weight excluding hydrogens is 262 g/mol. The Kier molecular flexibility index (Phi) is 5.74. The van der Waals surface area contributed by atoms with Crippen LogP contribution in [0.3, 0.4) is 0 Å². The van der Waals surface area contributed by atoms with Crippen LogP contribution in [0.5, 0.6) is 0 Å². The minimum absolute atomic E-state index is 0.00933. The number of nitrogens with one attached hydrogen (secondary N) is 1. The highest BCUT2D eigenvalue weighted by Crippen LogP contribution is 2.22. The molecule has 1 saturated carbocycles. The molecule has 1 aromatic rings. The molecule has 0 unspecified atom stereocenters. The van der Waals surface area contributed by atoms with Gasteiger partial charge in [-0.1, -0.05) is 25.8 Å². The first kappa shape index (κ1) is 16.0. The summed E-state index contributed by atoms with van der Waals surface area (Å²) in [4.78, 5) is 18.9. The fraction of sp³-hybridized carbons (Fsp3) is 0.647. The number of pyridine rings is 1. The number of nitrogens with zero attached hydrogens (tertiary/aromatic N) is 2. The number of likely N-dealkylation sites (N-methyl/N-ethyl adjacent to an activating group) is 1. The maximum atomic E-state index is 12.2. The number of amides is 1. The average Bonchev–Trinajstić information content (AvgIpc) is 3.00. The highest BCUT2D eigenvalue weighted by atomic mass is 16.2. The van der Waals surface area contributed by atoms with E-state index in [4.69, 9.17) is 0 Å². The van der Waals surface area contributed by atoms with Gasteiger partial charge in [0.05, 0.1) is 18.3 Å². The number of rotatable bonds is 6. The Balaban J connectivity index is 1.88. The van der Waals surface area contributed by atoms with E-state index >= 15 is 0 Å². The van der Waals surface area contributed by atoms with Crippen LogP contribution < -0.4 is 5.32 Å². The summed E-state index contributed by atoms with van der Waals surface area (Å²) in [6.07, 6.45) is 7.74. The van der Waals surface area contributed by atoms with Gasteiger partial charge in [-0.25, -0.2) is 0 Å². The van der Waals surface area contributed by atoms with Crippen LogP contribution in [0.1, 0.15) is 56.3 Å². The molecule has 116 valence electrons. The number of hydrogen-bond donors (Lipinski definition) is 1. The van der Waals surface area contributed by atoms with Crippen molar-refractivity contribution in [3.05, 3.63) is 29.6 Å². The second kappa shape index (κ2) is 7.55. The molecule has 0 saturated heterocycles. The zero-order chi connectivity index (χ0) is 15.2. The third kappa shape index (κ3) is 4.53. The molecule has 4 heteroatoms. The van der Waals surface area contributed by atoms with Gasteiger partial charge in [0.2, 0.25) is 5.91 Å². The van der Waals surface area contributed by atoms with Gasteiger partial charge in [-0.15, -0.1) is 0 Å². The van der Waals surface area contributed by atoms with Crippen LogP contribution in [0.25, 0.3) is 0 Å². The number of hydrogen-bond acceptors (Lipinski definition) is 3. The van der Waals surface area contributed by atoms with E-state index in [1.807, 2.05) is 25.3 Å². The molecule has 1 N–H and O–H groups in total. The first-order valence-corrected chi connectivity index (χ1v) is 8.02. The summed E-state index contributed by atoms with van der Waals surface area (Å²) in [5.74, 6) is 0.0959. The lowest BCUT2D eigenvalue weighted by atomic mass is 10.1. The number of carbonyl (C=O) groups excluding carboxylic acids is 1. The third-order valence-corrected chi connectivity index (χ3v) is 4.38. The van der Waals surface area contributed by atoms with E-state index in [0.717, 1.165) is 17.7 Å². The van der Waals surface area contributed by atoms with Crippen LogP contribution >= 0.6 is 0 Å². The Hall–Kier alpha value is -1.42. The minimum Gasteiger partial charge on any atom is -0.347 e. The van der Waals surface area contributed by atoms with Crippen molar-refractivity contribution in [2.24, 2.45) is 0 Å². The predicted octanol–water partition coefficient (Wildman–Crippen LogP) is 2.83. The van der Waals surface area contributed by atoms with Crippen LogP contribution in [0.15, 0.2) is 18.3 Å². The fourth-order valence-corrected chi connectivity index (χ4v) is 3.01. The second-order valence-corrected chi connectivity index (χ2v) is 6.14. The summed E-state index contributed by atoms with van der Waals surface area (Å²) < 4.78 is 0. The molecule has 1 fully saturated rings. The molecule has 0 aliphatic heterocycles. The fourth-order valence-electron chi connectivity index (χ4n) is 3.01. The normalized spacial score (nSPS) is 17.1. The predicted molar refractivity (Wildman–Crippen MR) is 85.0 cm³/mol. The third-order valence-electron chi connectivity index (χ3n) is 4.38. The molecule has 1 aliphatic carbocycles. The molecule has 1 aliphatic rings. The summed E-state index contributed by atoms with van der Waals surface area (Å²) >= 11 is 0. The first-order chi connectivity index (χ1) is 10.1. The molecule has 1 aromatic heterocycles. The average molecular weight is 289 g/mol. The van der Waals surface area contributed by atoms with Crippen molar-refractivity contribution in [1.29, 1.82) is 0 Å². The van der Waals surface area contributed by atoms with Crippen molar-refractivity contribution in [3.8, 4) is 0 Å². The molecule has 4 nitrogen and oxygen atoms in total. The molecule has 1 amide bonds. The lowest BCUT2D eigenvalue weighted by Crippen LogP contribution is -2.40. The number of aryl methyl sites for hydroxylation is 1. The molecule has 1 heterocycles. The summed E-state index contributed by atoms with van der Waals surface area (Å²) in [5, 5.41) is 3.11. The van der Waals surface area contributed by atoms with E-state index in [-0.39, 0.29) is 11.9 Å². The maximum absolute atomic E-state index is 12.2. The van der Waals surface area contributed by atoms with E-state index < -0.39 is 0 Å². The highest BCUT2D eigenvalue weighted by molar-refractivity contribution is 5.78. The minimum atomic E-state index is 0.00933. The first-order valence-electron chi connectivity index (χ1n) is 8.02. The topological polar surface area (TPSA) is 45.2 Å². The quantitative estimate of drug-likeness (QED) is 0.876. The van der Waals surface area contributed by atoms with Gasteiger partial charge in [0.15, 0.2) is 0 Å². The Labute approximate surface area is 127 Å². The van der Waals surface area contributed by atoms with Gasteiger partial charge in [0.1, 0.15) is 0 Å². The maximum Gasteiger partial charge on any atom is 0.234 e. The molecule has 0 radical (unpaired) electrons. The van der Waals surface area contributed by atoms with Crippen molar-refractivity contribution in [1.82, 2.24) is 15.2 Å². The van der Waals surface area contributed by atoms with Crippen LogP contribution in [0.2, 0.25) is 0 Å². The molecule has 0 bridgehead atoms. The smallest absolute Gasteiger partial charge is 0.234 e. The van der Waals surface area contributed by atoms with Gasteiger partial charge in [-0.05, 0) is 44.9 Å². The van der Waals surface area contributed by atoms with Crippen LogP contribution in [-0.2, 0) is 4.79 Å². The molecule has 0 aromatic carbocycles. The standard InChI is InChI=1S/C17H27N3O/c1-4-15(16-10-9-13(2)11-18-16)19-17(21)12-20(3)14-7-5-6-8-14/h9-11,14-15H,4-8,12H2,1-3H3,(H,19,21)/t15-/m1/s1. The van der Waals surface area contributed by atoms with Crippen LogP contribution in [0.4, 0.5) is 0 Å². The van der Waals surface area contributed by atoms with E-state index in [0.29, 0.717) is 12.6 Å². The van der Waals surface area contributed by atoms with Crippen molar-refractivity contribution < 1.29 is 4.79 Å². The summed E-state index contributed by atoms with van der Waals surface area (Å²) in [5.41, 5.74) is 2.08. The largest absolute Gasteiger partial charge is 0.347 e. The Morgan fingerprint density at radius 3 is 2.71 bits per heavy atom. The highest BCUT2D eigenvalue weighted by Gasteiger charge is 2.22.